The second-order valence-corrected chi connectivity index (χ2v) is 7.42. The van der Waals surface area contributed by atoms with Crippen LogP contribution in [0.25, 0.3) is 0 Å². The molecule has 0 aliphatic carbocycles. The molecule has 0 radical (unpaired) electrons. The minimum Gasteiger partial charge on any atom is -0.383 e. The highest BCUT2D eigenvalue weighted by atomic mass is 16.5. The minimum atomic E-state index is 0.129. The van der Waals surface area contributed by atoms with Gasteiger partial charge in [-0.2, -0.15) is 4.57 Å². The second kappa shape index (κ2) is 8.98. The fourth-order valence-corrected chi connectivity index (χ4v) is 3.85. The van der Waals surface area contributed by atoms with Crippen molar-refractivity contribution in [2.75, 3.05) is 13.7 Å². The fraction of sp³-hybridized carbons (Fsp3) is 0.333. The fourth-order valence-electron chi connectivity index (χ4n) is 3.85. The maximum atomic E-state index is 12.9. The highest BCUT2D eigenvalue weighted by Gasteiger charge is 2.21. The third-order valence-electron chi connectivity index (χ3n) is 5.17. The number of benzene rings is 1. The summed E-state index contributed by atoms with van der Waals surface area (Å²) in [5.41, 5.74) is 5.42. The van der Waals surface area contributed by atoms with Crippen LogP contribution in [-0.4, -0.2) is 24.1 Å². The van der Waals surface area contributed by atoms with E-state index in [1.165, 1.54) is 11.1 Å². The summed E-state index contributed by atoms with van der Waals surface area (Å²) in [5, 5.41) is 0. The van der Waals surface area contributed by atoms with Crippen LogP contribution in [0, 0.1) is 13.8 Å². The first-order valence-electron chi connectivity index (χ1n) is 9.72. The average Bonchev–Trinajstić information content (AvgIpc) is 2.99. The summed E-state index contributed by atoms with van der Waals surface area (Å²) >= 11 is 0. The van der Waals surface area contributed by atoms with E-state index in [1.807, 2.05) is 42.9 Å². The molecule has 1 aromatic carbocycles. The summed E-state index contributed by atoms with van der Waals surface area (Å²) in [5.74, 6) is 0.129. The molecule has 0 amide bonds. The van der Waals surface area contributed by atoms with E-state index in [9.17, 15) is 4.79 Å². The Kier molecular flexibility index (Phi) is 6.42. The number of hydrogen-bond donors (Lipinski definition) is 0. The lowest BCUT2D eigenvalue weighted by Crippen LogP contribution is -2.37. The van der Waals surface area contributed by atoms with Crippen LogP contribution >= 0.6 is 0 Å². The van der Waals surface area contributed by atoms with Crippen molar-refractivity contribution in [3.05, 3.63) is 89.0 Å². The zero-order valence-electron chi connectivity index (χ0n) is 17.2. The van der Waals surface area contributed by atoms with Gasteiger partial charge in [-0.15, -0.1) is 0 Å². The number of carbonyl (C=O) groups is 1. The molecule has 4 heteroatoms. The maximum absolute atomic E-state index is 12.9. The van der Waals surface area contributed by atoms with E-state index < -0.39 is 0 Å². The first-order valence-corrected chi connectivity index (χ1v) is 9.72. The normalized spacial score (nSPS) is 12.1. The SMILES string of the molecule is COC[C@@H](C)n1c(C)cc(C(=O)C[n+]2ccc(Cc3ccccc3)cc2)c1C. The van der Waals surface area contributed by atoms with Crippen molar-refractivity contribution in [3.8, 4) is 0 Å². The minimum absolute atomic E-state index is 0.129. The zero-order valence-corrected chi connectivity index (χ0v) is 17.2. The van der Waals surface area contributed by atoms with Gasteiger partial charge < -0.3 is 9.30 Å². The Morgan fingerprint density at radius 2 is 1.71 bits per heavy atom. The van der Waals surface area contributed by atoms with E-state index in [1.54, 1.807) is 7.11 Å². The molecule has 0 aliphatic heterocycles. The maximum Gasteiger partial charge on any atom is 0.229 e. The molecule has 3 aromatic rings. The van der Waals surface area contributed by atoms with Gasteiger partial charge >= 0.3 is 0 Å². The van der Waals surface area contributed by atoms with Crippen LogP contribution in [-0.2, 0) is 17.7 Å². The van der Waals surface area contributed by atoms with Crippen LogP contribution in [0.4, 0.5) is 0 Å². The molecule has 1 atom stereocenters. The number of pyridine rings is 1. The van der Waals surface area contributed by atoms with Gasteiger partial charge in [0, 0.05) is 36.2 Å². The zero-order chi connectivity index (χ0) is 20.1. The molecule has 0 aliphatic rings. The molecule has 0 saturated heterocycles. The predicted octanol–water partition coefficient (Wildman–Crippen LogP) is 4.07. The van der Waals surface area contributed by atoms with Gasteiger partial charge in [0.15, 0.2) is 12.4 Å². The van der Waals surface area contributed by atoms with Crippen LogP contribution in [0.1, 0.15) is 45.8 Å². The number of carbonyl (C=O) groups excluding carboxylic acids is 1. The van der Waals surface area contributed by atoms with Crippen LogP contribution in [0.2, 0.25) is 0 Å². The molecular weight excluding hydrogens is 348 g/mol. The van der Waals surface area contributed by atoms with Crippen molar-refractivity contribution in [2.24, 2.45) is 0 Å². The number of methoxy groups -OCH3 is 1. The highest BCUT2D eigenvalue weighted by Crippen LogP contribution is 2.21. The molecule has 0 unspecified atom stereocenters. The number of Topliss-reactive ketones (excluding diaryl/α,β-unsaturated/α-hetero) is 1. The van der Waals surface area contributed by atoms with E-state index in [0.29, 0.717) is 13.2 Å². The van der Waals surface area contributed by atoms with Crippen LogP contribution in [0.5, 0.6) is 0 Å². The first-order chi connectivity index (χ1) is 13.5. The summed E-state index contributed by atoms with van der Waals surface area (Å²) in [6.45, 7) is 7.13. The van der Waals surface area contributed by atoms with E-state index in [0.717, 1.165) is 23.4 Å². The Morgan fingerprint density at radius 1 is 1.07 bits per heavy atom. The van der Waals surface area contributed by atoms with E-state index in [4.69, 9.17) is 4.74 Å². The van der Waals surface area contributed by atoms with Crippen molar-refractivity contribution >= 4 is 5.78 Å². The lowest BCUT2D eigenvalue weighted by molar-refractivity contribution is -0.683. The Labute approximate surface area is 167 Å². The summed E-state index contributed by atoms with van der Waals surface area (Å²) in [6, 6.07) is 16.8. The summed E-state index contributed by atoms with van der Waals surface area (Å²) in [4.78, 5) is 12.9. The standard InChI is InChI=1S/C24H29N2O2/c1-18-14-23(20(3)26(18)19(2)17-28-4)24(27)16-25-12-10-22(11-13-25)15-21-8-6-5-7-9-21/h5-14,19H,15-17H2,1-4H3/q+1/t19-/m1/s1. The predicted molar refractivity (Wildman–Crippen MR) is 111 cm³/mol. The number of ketones is 1. The molecule has 0 saturated carbocycles. The second-order valence-electron chi connectivity index (χ2n) is 7.42. The molecule has 0 N–H and O–H groups in total. The molecule has 4 nitrogen and oxygen atoms in total. The van der Waals surface area contributed by atoms with Crippen LogP contribution in [0.15, 0.2) is 60.9 Å². The molecular formula is C24H29N2O2+. The first kappa shape index (κ1) is 20.0. The topological polar surface area (TPSA) is 35.1 Å². The van der Waals surface area contributed by atoms with Crippen molar-refractivity contribution in [3.63, 3.8) is 0 Å². The molecule has 2 aromatic heterocycles. The Bertz CT molecular complexity index is 927. The van der Waals surface area contributed by atoms with E-state index >= 15 is 0 Å². The van der Waals surface area contributed by atoms with Crippen LogP contribution in [0.3, 0.4) is 0 Å². The van der Waals surface area contributed by atoms with Crippen molar-refractivity contribution < 1.29 is 14.1 Å². The lowest BCUT2D eigenvalue weighted by Gasteiger charge is -2.17. The third-order valence-corrected chi connectivity index (χ3v) is 5.17. The Hall–Kier alpha value is -2.72. The number of aromatic nitrogens is 2. The quantitative estimate of drug-likeness (QED) is 0.438. The highest BCUT2D eigenvalue weighted by molar-refractivity contribution is 5.96. The number of rotatable bonds is 8. The van der Waals surface area contributed by atoms with E-state index in [-0.39, 0.29) is 11.8 Å². The van der Waals surface area contributed by atoms with Gasteiger partial charge in [-0.05, 0) is 44.4 Å². The van der Waals surface area contributed by atoms with Crippen molar-refractivity contribution in [1.82, 2.24) is 4.57 Å². The van der Waals surface area contributed by atoms with E-state index in [2.05, 4.69) is 47.9 Å². The number of hydrogen-bond acceptors (Lipinski definition) is 2. The number of aryl methyl sites for hydroxylation is 1. The van der Waals surface area contributed by atoms with Gasteiger partial charge in [0.2, 0.25) is 12.3 Å². The molecule has 28 heavy (non-hydrogen) atoms. The van der Waals surface area contributed by atoms with Gasteiger partial charge in [-0.1, -0.05) is 30.3 Å². The van der Waals surface area contributed by atoms with Crippen LogP contribution < -0.4 is 4.57 Å². The molecule has 0 bridgehead atoms. The van der Waals surface area contributed by atoms with Gasteiger partial charge in [0.25, 0.3) is 0 Å². The van der Waals surface area contributed by atoms with Crippen molar-refractivity contribution in [1.29, 1.82) is 0 Å². The smallest absolute Gasteiger partial charge is 0.229 e. The number of nitrogens with zero attached hydrogens (tertiary/aromatic N) is 2. The largest absolute Gasteiger partial charge is 0.383 e. The molecule has 0 fully saturated rings. The third kappa shape index (κ3) is 4.57. The Morgan fingerprint density at radius 3 is 2.36 bits per heavy atom. The molecule has 2 heterocycles. The average molecular weight is 378 g/mol. The summed E-state index contributed by atoms with van der Waals surface area (Å²) in [6.07, 6.45) is 4.87. The van der Waals surface area contributed by atoms with Gasteiger partial charge in [0.05, 0.1) is 12.6 Å². The summed E-state index contributed by atoms with van der Waals surface area (Å²) < 4.78 is 9.41. The van der Waals surface area contributed by atoms with Gasteiger partial charge in [-0.3, -0.25) is 4.79 Å². The van der Waals surface area contributed by atoms with Crippen molar-refractivity contribution in [2.45, 2.75) is 39.8 Å². The number of ether oxygens (including phenoxy) is 1. The lowest BCUT2D eigenvalue weighted by atomic mass is 10.1. The van der Waals surface area contributed by atoms with Gasteiger partial charge in [-0.25, -0.2) is 0 Å². The monoisotopic (exact) mass is 377 g/mol. The molecule has 3 rings (SSSR count). The molecule has 146 valence electrons. The van der Waals surface area contributed by atoms with Gasteiger partial charge in [0.1, 0.15) is 0 Å². The summed E-state index contributed by atoms with van der Waals surface area (Å²) in [7, 11) is 1.70. The molecule has 0 spiro atoms. The Balaban J connectivity index is 1.70.